The van der Waals surface area contributed by atoms with E-state index in [0.717, 1.165) is 0 Å². The van der Waals surface area contributed by atoms with Crippen molar-refractivity contribution in [3.05, 3.63) is 65.4 Å². The first-order valence-corrected chi connectivity index (χ1v) is 6.80. The Kier molecular flexibility index (Phi) is 3.64. The maximum Gasteiger partial charge on any atom is 0.220 e. The summed E-state index contributed by atoms with van der Waals surface area (Å²) in [6.07, 6.45) is 1.43. The zero-order chi connectivity index (χ0) is 16.4. The van der Waals surface area contributed by atoms with E-state index in [2.05, 4.69) is 9.98 Å². The van der Waals surface area contributed by atoms with Gasteiger partial charge in [0, 0.05) is 5.56 Å². The maximum absolute atomic E-state index is 12.9. The van der Waals surface area contributed by atoms with Gasteiger partial charge in [-0.3, -0.25) is 4.79 Å². The lowest BCUT2D eigenvalue weighted by atomic mass is 9.95. The van der Waals surface area contributed by atoms with Gasteiger partial charge in [0.2, 0.25) is 5.96 Å². The van der Waals surface area contributed by atoms with Crippen LogP contribution in [0.4, 0.5) is 0 Å². The molecule has 0 amide bonds. The van der Waals surface area contributed by atoms with E-state index >= 15 is 0 Å². The highest BCUT2D eigenvalue weighted by Gasteiger charge is 2.20. The summed E-state index contributed by atoms with van der Waals surface area (Å²) in [4.78, 5) is 20.8. The third-order valence-corrected chi connectivity index (χ3v) is 3.32. The maximum atomic E-state index is 12.9. The first-order chi connectivity index (χ1) is 11.0. The van der Waals surface area contributed by atoms with E-state index in [9.17, 15) is 15.0 Å². The lowest BCUT2D eigenvalue weighted by molar-refractivity contribution is 0.105. The van der Waals surface area contributed by atoms with Crippen LogP contribution in [0.2, 0.25) is 0 Å². The fourth-order valence-electron chi connectivity index (χ4n) is 2.21. The molecule has 4 N–H and O–H groups in total. The van der Waals surface area contributed by atoms with E-state index in [1.54, 1.807) is 12.1 Å². The fraction of sp³-hybridized carbons (Fsp3) is 0. The highest BCUT2D eigenvalue weighted by atomic mass is 16.3. The van der Waals surface area contributed by atoms with Crippen LogP contribution in [-0.4, -0.2) is 28.2 Å². The summed E-state index contributed by atoms with van der Waals surface area (Å²) >= 11 is 0. The quantitative estimate of drug-likeness (QED) is 0.596. The number of hydrogen-bond donors (Lipinski definition) is 3. The van der Waals surface area contributed by atoms with Crippen LogP contribution >= 0.6 is 0 Å². The molecule has 0 spiro atoms. The van der Waals surface area contributed by atoms with Crippen LogP contribution < -0.4 is 5.73 Å². The second-order valence-electron chi connectivity index (χ2n) is 4.91. The second-order valence-corrected chi connectivity index (χ2v) is 4.91. The minimum Gasteiger partial charge on any atom is -0.508 e. The van der Waals surface area contributed by atoms with Gasteiger partial charge in [-0.05, 0) is 42.0 Å². The number of Topliss-reactive ketones (excluding diaryl/α,β-unsaturated/α-hetero) is 1. The highest BCUT2D eigenvalue weighted by Crippen LogP contribution is 2.27. The molecule has 0 aromatic heterocycles. The molecule has 6 nitrogen and oxygen atoms in total. The molecular formula is C17H13N3O3. The third-order valence-electron chi connectivity index (χ3n) is 3.32. The van der Waals surface area contributed by atoms with Crippen molar-refractivity contribution in [2.75, 3.05) is 0 Å². The Labute approximate surface area is 131 Å². The average Bonchev–Trinajstić information content (AvgIpc) is 2.96. The van der Waals surface area contributed by atoms with E-state index in [1.807, 2.05) is 0 Å². The molecule has 3 rings (SSSR count). The van der Waals surface area contributed by atoms with Crippen molar-refractivity contribution in [3.8, 4) is 11.5 Å². The number of aliphatic imine (C=N–C) groups is 2. The number of benzene rings is 2. The Morgan fingerprint density at radius 2 is 1.39 bits per heavy atom. The number of rotatable bonds is 3. The van der Waals surface area contributed by atoms with Crippen LogP contribution in [0.3, 0.4) is 0 Å². The second kappa shape index (κ2) is 5.76. The van der Waals surface area contributed by atoms with E-state index in [0.29, 0.717) is 22.4 Å². The van der Waals surface area contributed by atoms with E-state index in [4.69, 9.17) is 5.73 Å². The van der Waals surface area contributed by atoms with Crippen molar-refractivity contribution in [1.82, 2.24) is 0 Å². The van der Waals surface area contributed by atoms with Gasteiger partial charge in [0.1, 0.15) is 11.5 Å². The molecule has 114 valence electrons. The largest absolute Gasteiger partial charge is 0.508 e. The predicted octanol–water partition coefficient (Wildman–Crippen LogP) is 2.09. The molecule has 0 unspecified atom stereocenters. The molecule has 0 fully saturated rings. The van der Waals surface area contributed by atoms with Crippen molar-refractivity contribution in [3.63, 3.8) is 0 Å². The van der Waals surface area contributed by atoms with Gasteiger partial charge in [0.15, 0.2) is 5.78 Å². The summed E-state index contributed by atoms with van der Waals surface area (Å²) in [6, 6.07) is 12.1. The number of guanidine groups is 1. The van der Waals surface area contributed by atoms with Crippen molar-refractivity contribution in [2.24, 2.45) is 15.7 Å². The number of nitrogens with two attached hydrogens (primary N) is 1. The molecule has 0 radical (unpaired) electrons. The Morgan fingerprint density at radius 1 is 0.870 bits per heavy atom. The summed E-state index contributed by atoms with van der Waals surface area (Å²) in [5.41, 5.74) is 7.21. The highest BCUT2D eigenvalue weighted by molar-refractivity contribution is 6.32. The van der Waals surface area contributed by atoms with Crippen molar-refractivity contribution in [2.45, 2.75) is 0 Å². The van der Waals surface area contributed by atoms with Crippen LogP contribution in [0.5, 0.6) is 11.5 Å². The number of phenols is 2. The molecular weight excluding hydrogens is 294 g/mol. The van der Waals surface area contributed by atoms with Crippen molar-refractivity contribution >= 4 is 23.5 Å². The normalized spacial score (nSPS) is 15.4. The van der Waals surface area contributed by atoms with Gasteiger partial charge in [-0.2, -0.15) is 0 Å². The molecule has 2 aromatic carbocycles. The summed E-state index contributed by atoms with van der Waals surface area (Å²) in [7, 11) is 0. The molecule has 23 heavy (non-hydrogen) atoms. The SMILES string of the molecule is NC1=N/C(=C(\C(=O)c2ccc(O)cc2)c2ccc(O)cc2)C=N1. The topological polar surface area (TPSA) is 108 Å². The van der Waals surface area contributed by atoms with Gasteiger partial charge in [0.25, 0.3) is 0 Å². The van der Waals surface area contributed by atoms with Gasteiger partial charge in [0.05, 0.1) is 17.5 Å². The Bertz CT molecular complexity index is 848. The molecule has 0 atom stereocenters. The first kappa shape index (κ1) is 14.5. The van der Waals surface area contributed by atoms with E-state index < -0.39 is 0 Å². The van der Waals surface area contributed by atoms with Gasteiger partial charge in [-0.25, -0.2) is 9.98 Å². The minimum absolute atomic E-state index is 0.0741. The molecule has 1 aliphatic rings. The number of allylic oxidation sites excluding steroid dienone is 2. The molecule has 0 bridgehead atoms. The number of nitrogens with zero attached hydrogens (tertiary/aromatic N) is 2. The van der Waals surface area contributed by atoms with Gasteiger partial charge >= 0.3 is 0 Å². The van der Waals surface area contributed by atoms with Crippen LogP contribution in [0.1, 0.15) is 15.9 Å². The van der Waals surface area contributed by atoms with Crippen LogP contribution in [0.15, 0.2) is 64.2 Å². The molecule has 2 aromatic rings. The van der Waals surface area contributed by atoms with Gasteiger partial charge < -0.3 is 15.9 Å². The minimum atomic E-state index is -0.282. The number of hydrogen-bond acceptors (Lipinski definition) is 6. The summed E-state index contributed by atoms with van der Waals surface area (Å²) < 4.78 is 0. The van der Waals surface area contributed by atoms with Crippen LogP contribution in [-0.2, 0) is 0 Å². The monoisotopic (exact) mass is 307 g/mol. The molecule has 6 heteroatoms. The van der Waals surface area contributed by atoms with Crippen LogP contribution in [0.25, 0.3) is 5.57 Å². The predicted molar refractivity (Wildman–Crippen MR) is 87.6 cm³/mol. The molecule has 0 saturated heterocycles. The molecule has 0 saturated carbocycles. The zero-order valence-electron chi connectivity index (χ0n) is 12.0. The lowest BCUT2D eigenvalue weighted by Gasteiger charge is -2.09. The Balaban J connectivity index is 2.13. The van der Waals surface area contributed by atoms with E-state index in [1.165, 1.54) is 42.6 Å². The lowest BCUT2D eigenvalue weighted by Crippen LogP contribution is -2.06. The Hall–Kier alpha value is -3.41. The van der Waals surface area contributed by atoms with Gasteiger partial charge in [-0.1, -0.05) is 12.1 Å². The van der Waals surface area contributed by atoms with Crippen LogP contribution in [0, 0.1) is 0 Å². The van der Waals surface area contributed by atoms with Gasteiger partial charge in [-0.15, -0.1) is 0 Å². The standard InChI is InChI=1S/C17H13N3O3/c18-17-19-9-14(20-17)15(10-1-5-12(21)6-2-10)16(23)11-3-7-13(22)8-4-11/h1-9,21-22H,(H2,18,20)/b15-14-. The van der Waals surface area contributed by atoms with Crippen molar-refractivity contribution < 1.29 is 15.0 Å². The zero-order valence-corrected chi connectivity index (χ0v) is 12.0. The molecule has 1 aliphatic heterocycles. The third kappa shape index (κ3) is 2.96. The van der Waals surface area contributed by atoms with Crippen molar-refractivity contribution in [1.29, 1.82) is 0 Å². The molecule has 0 aliphatic carbocycles. The molecule has 1 heterocycles. The summed E-state index contributed by atoms with van der Waals surface area (Å²) in [6.45, 7) is 0. The first-order valence-electron chi connectivity index (χ1n) is 6.80. The fourth-order valence-corrected chi connectivity index (χ4v) is 2.21. The Morgan fingerprint density at radius 3 is 1.87 bits per heavy atom. The average molecular weight is 307 g/mol. The smallest absolute Gasteiger partial charge is 0.220 e. The summed E-state index contributed by atoms with van der Waals surface area (Å²) in [5, 5.41) is 18.8. The van der Waals surface area contributed by atoms with E-state index in [-0.39, 0.29) is 23.2 Å². The summed E-state index contributed by atoms with van der Waals surface area (Å²) in [5.74, 6) is -0.0336. The number of carbonyl (C=O) groups is 1. The number of phenolic OH excluding ortho intramolecular Hbond substituents is 2. The number of carbonyl (C=O) groups excluding carboxylic acids is 1. The number of aromatic hydroxyl groups is 2. The number of ketones is 1.